The summed E-state index contributed by atoms with van der Waals surface area (Å²) in [5.74, 6) is 0.268. The van der Waals surface area contributed by atoms with Gasteiger partial charge in [-0.3, -0.25) is 10.1 Å². The van der Waals surface area contributed by atoms with E-state index in [4.69, 9.17) is 16.3 Å². The van der Waals surface area contributed by atoms with Crippen LogP contribution in [0.15, 0.2) is 22.7 Å². The van der Waals surface area contributed by atoms with Gasteiger partial charge in [-0.05, 0) is 47.5 Å². The molecule has 0 radical (unpaired) electrons. The average molecular weight is 391 g/mol. The Morgan fingerprint density at radius 3 is 2.90 bits per heavy atom. The van der Waals surface area contributed by atoms with Crippen LogP contribution >= 0.6 is 38.9 Å². The van der Waals surface area contributed by atoms with Crippen LogP contribution in [0, 0.1) is 0 Å². The van der Waals surface area contributed by atoms with E-state index in [-0.39, 0.29) is 5.91 Å². The summed E-state index contributed by atoms with van der Waals surface area (Å²) in [5.41, 5.74) is 0. The molecule has 2 aromatic rings. The minimum Gasteiger partial charge on any atom is -0.480 e. The first-order valence-electron chi connectivity index (χ1n) is 6.24. The van der Waals surface area contributed by atoms with Gasteiger partial charge in [0.15, 0.2) is 6.10 Å². The molecule has 1 N–H and O–H groups in total. The van der Waals surface area contributed by atoms with Crippen molar-refractivity contribution in [3.8, 4) is 5.75 Å². The van der Waals surface area contributed by atoms with Gasteiger partial charge in [-0.1, -0.05) is 29.9 Å². The van der Waals surface area contributed by atoms with Crippen LogP contribution in [0.5, 0.6) is 5.75 Å². The maximum Gasteiger partial charge on any atom is 0.266 e. The van der Waals surface area contributed by atoms with Crippen molar-refractivity contribution in [2.24, 2.45) is 0 Å². The molecule has 112 valence electrons. The molecule has 1 aromatic carbocycles. The minimum absolute atomic E-state index is 0.282. The van der Waals surface area contributed by atoms with E-state index in [2.05, 4.69) is 31.4 Å². The van der Waals surface area contributed by atoms with Gasteiger partial charge in [-0.25, -0.2) is 0 Å². The molecule has 0 spiro atoms. The van der Waals surface area contributed by atoms with Crippen LogP contribution in [0.2, 0.25) is 5.02 Å². The monoisotopic (exact) mass is 389 g/mol. The Labute approximate surface area is 139 Å². The predicted molar refractivity (Wildman–Crippen MR) is 87.2 cm³/mol. The summed E-state index contributed by atoms with van der Waals surface area (Å²) in [7, 11) is 0. The van der Waals surface area contributed by atoms with Crippen molar-refractivity contribution < 1.29 is 9.53 Å². The van der Waals surface area contributed by atoms with E-state index in [1.54, 1.807) is 25.1 Å². The van der Waals surface area contributed by atoms with Gasteiger partial charge in [-0.15, -0.1) is 10.2 Å². The molecule has 0 fully saturated rings. The van der Waals surface area contributed by atoms with Crippen molar-refractivity contribution in [3.05, 3.63) is 32.7 Å². The lowest BCUT2D eigenvalue weighted by Gasteiger charge is -2.14. The summed E-state index contributed by atoms with van der Waals surface area (Å²) in [4.78, 5) is 12.1. The van der Waals surface area contributed by atoms with Gasteiger partial charge in [0.25, 0.3) is 5.91 Å². The molecule has 2 rings (SSSR count). The van der Waals surface area contributed by atoms with E-state index in [0.717, 1.165) is 11.4 Å². The van der Waals surface area contributed by atoms with Crippen LogP contribution in [0.3, 0.4) is 0 Å². The molecule has 0 aliphatic heterocycles. The fourth-order valence-corrected chi connectivity index (χ4v) is 2.93. The standard InChI is InChI=1S/C13H13BrClN3O2S/c1-3-11-17-18-13(21-11)16-12(19)7(2)20-10-5-4-8(15)6-9(10)14/h4-7H,3H2,1-2H3,(H,16,18,19)/t7-/m0/s1. The molecule has 5 nitrogen and oxygen atoms in total. The maximum atomic E-state index is 12.1. The van der Waals surface area contributed by atoms with E-state index in [1.807, 2.05) is 6.92 Å². The predicted octanol–water partition coefficient (Wildman–Crippen LogP) is 3.92. The van der Waals surface area contributed by atoms with Crippen LogP contribution in [-0.2, 0) is 11.2 Å². The highest BCUT2D eigenvalue weighted by molar-refractivity contribution is 9.10. The Balaban J connectivity index is 1.98. The molecule has 0 aliphatic carbocycles. The van der Waals surface area contributed by atoms with Crippen molar-refractivity contribution in [1.29, 1.82) is 0 Å². The van der Waals surface area contributed by atoms with Gasteiger partial charge in [0, 0.05) is 5.02 Å². The topological polar surface area (TPSA) is 64.1 Å². The maximum absolute atomic E-state index is 12.1. The zero-order chi connectivity index (χ0) is 15.4. The first-order valence-corrected chi connectivity index (χ1v) is 8.23. The molecule has 0 bridgehead atoms. The van der Waals surface area contributed by atoms with E-state index in [1.165, 1.54) is 11.3 Å². The molecular weight excluding hydrogens is 378 g/mol. The zero-order valence-electron chi connectivity index (χ0n) is 11.4. The molecular formula is C13H13BrClN3O2S. The Morgan fingerprint density at radius 1 is 1.52 bits per heavy atom. The summed E-state index contributed by atoms with van der Waals surface area (Å²) in [6.45, 7) is 3.65. The molecule has 0 unspecified atom stereocenters. The molecule has 21 heavy (non-hydrogen) atoms. The quantitative estimate of drug-likeness (QED) is 0.840. The number of aromatic nitrogens is 2. The fourth-order valence-electron chi connectivity index (χ4n) is 1.47. The SMILES string of the molecule is CCc1nnc(NC(=O)[C@H](C)Oc2ccc(Cl)cc2Br)s1. The Morgan fingerprint density at radius 2 is 2.29 bits per heavy atom. The van der Waals surface area contributed by atoms with Crippen molar-refractivity contribution >= 4 is 49.9 Å². The second kappa shape index (κ2) is 7.20. The Bertz CT molecular complexity index is 650. The van der Waals surface area contributed by atoms with Crippen molar-refractivity contribution in [1.82, 2.24) is 10.2 Å². The van der Waals surface area contributed by atoms with Gasteiger partial charge >= 0.3 is 0 Å². The summed E-state index contributed by atoms with van der Waals surface area (Å²) >= 11 is 10.6. The van der Waals surface area contributed by atoms with Crippen LogP contribution in [0.1, 0.15) is 18.9 Å². The molecule has 1 atom stereocenters. The first-order chi connectivity index (χ1) is 9.99. The van der Waals surface area contributed by atoms with Crippen LogP contribution in [0.4, 0.5) is 5.13 Å². The van der Waals surface area contributed by atoms with E-state index >= 15 is 0 Å². The number of benzene rings is 1. The Kier molecular flexibility index (Phi) is 5.55. The number of carbonyl (C=O) groups excluding carboxylic acids is 1. The number of hydrogen-bond acceptors (Lipinski definition) is 5. The molecule has 0 saturated carbocycles. The number of hydrogen-bond donors (Lipinski definition) is 1. The highest BCUT2D eigenvalue weighted by Crippen LogP contribution is 2.29. The number of anilines is 1. The Hall–Kier alpha value is -1.18. The minimum atomic E-state index is -0.670. The van der Waals surface area contributed by atoms with E-state index in [0.29, 0.717) is 20.4 Å². The highest BCUT2D eigenvalue weighted by atomic mass is 79.9. The molecule has 1 aromatic heterocycles. The van der Waals surface area contributed by atoms with Gasteiger partial charge in [-0.2, -0.15) is 0 Å². The summed E-state index contributed by atoms with van der Waals surface area (Å²) in [5, 5.41) is 12.5. The molecule has 1 amide bonds. The number of aryl methyl sites for hydroxylation is 1. The number of nitrogens with zero attached hydrogens (tertiary/aromatic N) is 2. The third-order valence-electron chi connectivity index (χ3n) is 2.57. The number of carbonyl (C=O) groups is 1. The second-order valence-corrected chi connectivity index (χ2v) is 6.53. The number of rotatable bonds is 5. The highest BCUT2D eigenvalue weighted by Gasteiger charge is 2.18. The third-order valence-corrected chi connectivity index (χ3v) is 4.40. The van der Waals surface area contributed by atoms with Gasteiger partial charge in [0.1, 0.15) is 10.8 Å². The lowest BCUT2D eigenvalue weighted by atomic mass is 10.3. The van der Waals surface area contributed by atoms with E-state index in [9.17, 15) is 4.79 Å². The van der Waals surface area contributed by atoms with Gasteiger partial charge in [0.05, 0.1) is 4.47 Å². The van der Waals surface area contributed by atoms with Gasteiger partial charge in [0.2, 0.25) is 5.13 Å². The number of halogens is 2. The van der Waals surface area contributed by atoms with Crippen molar-refractivity contribution in [3.63, 3.8) is 0 Å². The molecule has 0 aliphatic rings. The number of nitrogens with one attached hydrogen (secondary N) is 1. The first kappa shape index (κ1) is 16.2. The lowest BCUT2D eigenvalue weighted by molar-refractivity contribution is -0.122. The largest absolute Gasteiger partial charge is 0.480 e. The summed E-state index contributed by atoms with van der Waals surface area (Å²) in [6.07, 6.45) is 0.119. The zero-order valence-corrected chi connectivity index (χ0v) is 14.6. The van der Waals surface area contributed by atoms with Crippen LogP contribution in [-0.4, -0.2) is 22.2 Å². The number of ether oxygens (including phenoxy) is 1. The van der Waals surface area contributed by atoms with Crippen LogP contribution in [0.25, 0.3) is 0 Å². The average Bonchev–Trinajstić information content (AvgIpc) is 2.89. The summed E-state index contributed by atoms with van der Waals surface area (Å²) in [6, 6.07) is 5.11. The lowest BCUT2D eigenvalue weighted by Crippen LogP contribution is -2.30. The van der Waals surface area contributed by atoms with E-state index < -0.39 is 6.10 Å². The second-order valence-electron chi connectivity index (χ2n) is 4.18. The smallest absolute Gasteiger partial charge is 0.266 e. The van der Waals surface area contributed by atoms with Crippen LogP contribution < -0.4 is 10.1 Å². The van der Waals surface area contributed by atoms with Gasteiger partial charge < -0.3 is 4.74 Å². The molecule has 8 heteroatoms. The van der Waals surface area contributed by atoms with Crippen molar-refractivity contribution in [2.45, 2.75) is 26.4 Å². The number of amides is 1. The third kappa shape index (κ3) is 4.39. The fraction of sp³-hybridized carbons (Fsp3) is 0.308. The molecule has 0 saturated heterocycles. The summed E-state index contributed by atoms with van der Waals surface area (Å²) < 4.78 is 6.30. The normalized spacial score (nSPS) is 12.0. The molecule has 1 heterocycles. The van der Waals surface area contributed by atoms with Crippen molar-refractivity contribution in [2.75, 3.05) is 5.32 Å².